The van der Waals surface area contributed by atoms with Crippen molar-refractivity contribution in [1.82, 2.24) is 0 Å². The van der Waals surface area contributed by atoms with E-state index < -0.39 is 8.80 Å². The third-order valence-corrected chi connectivity index (χ3v) is 8.93. The summed E-state index contributed by atoms with van der Waals surface area (Å²) in [4.78, 5) is 0. The van der Waals surface area contributed by atoms with E-state index in [1.54, 1.807) is 5.19 Å². The van der Waals surface area contributed by atoms with Gasteiger partial charge in [-0.15, -0.1) is 0 Å². The minimum absolute atomic E-state index is 0.847. The van der Waals surface area contributed by atoms with Crippen LogP contribution in [0.4, 0.5) is 0 Å². The van der Waals surface area contributed by atoms with E-state index in [1.165, 1.54) is 91.7 Å². The zero-order chi connectivity index (χ0) is 22.8. The molecule has 0 spiro atoms. The highest BCUT2D eigenvalue weighted by Gasteiger charge is 2.10. The van der Waals surface area contributed by atoms with Crippen molar-refractivity contribution < 1.29 is 0 Å². The largest absolute Gasteiger partial charge is 0.0682 e. The molecule has 0 saturated heterocycles. The van der Waals surface area contributed by atoms with Crippen LogP contribution in [0.1, 0.15) is 77.2 Å². The van der Waals surface area contributed by atoms with Crippen molar-refractivity contribution in [2.75, 3.05) is 0 Å². The molecule has 0 radical (unpaired) electrons. The maximum atomic E-state index is 2.43. The summed E-state index contributed by atoms with van der Waals surface area (Å²) in [6.07, 6.45) is 13.8. The normalized spacial score (nSPS) is 12.5. The fourth-order valence-corrected chi connectivity index (χ4v) is 6.40. The number of rotatable bonds is 13. The lowest BCUT2D eigenvalue weighted by atomic mass is 9.91. The van der Waals surface area contributed by atoms with Crippen molar-refractivity contribution in [3.63, 3.8) is 0 Å². The van der Waals surface area contributed by atoms with Crippen LogP contribution in [0.3, 0.4) is 0 Å². The third kappa shape index (κ3) is 7.07. The molecule has 3 aromatic carbocycles. The standard InChI is InChI=1S/C31H44Si/c1-5-7-8-9-10-11-14-25(6-2)17-18-26-19-20-28-24-29(22-21-27(28)23-26)30-15-12-13-16-31(30)32(3)4/h12-13,15-16,19-25,32H,5-11,14,17-18H2,1-4H3. The molecule has 0 aliphatic heterocycles. The third-order valence-electron chi connectivity index (χ3n) is 7.18. The maximum Gasteiger partial charge on any atom is 0.0655 e. The Kier molecular flexibility index (Phi) is 10.1. The number of aryl methyl sites for hydroxylation is 1. The van der Waals surface area contributed by atoms with E-state index in [-0.39, 0.29) is 0 Å². The van der Waals surface area contributed by atoms with Crippen LogP contribution in [0.5, 0.6) is 0 Å². The Morgan fingerprint density at radius 2 is 1.44 bits per heavy atom. The lowest BCUT2D eigenvalue weighted by molar-refractivity contribution is 0.412. The summed E-state index contributed by atoms with van der Waals surface area (Å²) in [6, 6.07) is 23.2. The van der Waals surface area contributed by atoms with E-state index in [0.717, 1.165) is 5.92 Å². The predicted molar refractivity (Wildman–Crippen MR) is 148 cm³/mol. The van der Waals surface area contributed by atoms with E-state index in [2.05, 4.69) is 87.6 Å². The summed E-state index contributed by atoms with van der Waals surface area (Å²) >= 11 is 0. The summed E-state index contributed by atoms with van der Waals surface area (Å²) in [7, 11) is -0.847. The molecule has 0 fully saturated rings. The summed E-state index contributed by atoms with van der Waals surface area (Å²) < 4.78 is 0. The summed E-state index contributed by atoms with van der Waals surface area (Å²) in [6.45, 7) is 9.51. The number of hydrogen-bond donors (Lipinski definition) is 0. The van der Waals surface area contributed by atoms with Gasteiger partial charge in [0.1, 0.15) is 0 Å². The van der Waals surface area contributed by atoms with Gasteiger partial charge in [0.2, 0.25) is 0 Å². The number of fused-ring (bicyclic) bond motifs is 1. The first-order valence-electron chi connectivity index (χ1n) is 13.2. The maximum absolute atomic E-state index is 2.43. The van der Waals surface area contributed by atoms with Crippen LogP contribution in [0.2, 0.25) is 13.1 Å². The second-order valence-corrected chi connectivity index (χ2v) is 12.9. The Hall–Kier alpha value is -1.86. The van der Waals surface area contributed by atoms with Gasteiger partial charge >= 0.3 is 0 Å². The molecule has 1 atom stereocenters. The Morgan fingerprint density at radius 1 is 0.719 bits per heavy atom. The van der Waals surface area contributed by atoms with Crippen molar-refractivity contribution in [3.05, 3.63) is 66.2 Å². The number of unbranched alkanes of at least 4 members (excludes halogenated alkanes) is 5. The van der Waals surface area contributed by atoms with Gasteiger partial charge in [-0.3, -0.25) is 0 Å². The Bertz CT molecular complexity index is 956. The van der Waals surface area contributed by atoms with E-state index in [4.69, 9.17) is 0 Å². The van der Waals surface area contributed by atoms with Gasteiger partial charge in [-0.1, -0.05) is 138 Å². The molecule has 1 heteroatoms. The van der Waals surface area contributed by atoms with E-state index in [0.29, 0.717) is 0 Å². The second kappa shape index (κ2) is 13.0. The Labute approximate surface area is 199 Å². The monoisotopic (exact) mass is 444 g/mol. The van der Waals surface area contributed by atoms with Crippen LogP contribution in [0.15, 0.2) is 60.7 Å². The summed E-state index contributed by atoms with van der Waals surface area (Å²) in [5.41, 5.74) is 4.30. The van der Waals surface area contributed by atoms with Gasteiger partial charge in [-0.2, -0.15) is 0 Å². The van der Waals surface area contributed by atoms with Crippen molar-refractivity contribution >= 4 is 24.8 Å². The molecular formula is C31H44Si. The van der Waals surface area contributed by atoms with E-state index in [9.17, 15) is 0 Å². The van der Waals surface area contributed by atoms with E-state index in [1.807, 2.05) is 0 Å². The van der Waals surface area contributed by atoms with Gasteiger partial charge in [0, 0.05) is 0 Å². The van der Waals surface area contributed by atoms with Crippen LogP contribution >= 0.6 is 0 Å². The van der Waals surface area contributed by atoms with Crippen LogP contribution in [0, 0.1) is 5.92 Å². The predicted octanol–water partition coefficient (Wildman–Crippen LogP) is 8.91. The molecule has 0 bridgehead atoms. The minimum Gasteiger partial charge on any atom is -0.0682 e. The molecule has 3 rings (SSSR count). The zero-order valence-electron chi connectivity index (χ0n) is 21.0. The molecule has 172 valence electrons. The molecule has 0 aliphatic rings. The summed E-state index contributed by atoms with van der Waals surface area (Å²) in [5, 5.41) is 4.32. The van der Waals surface area contributed by atoms with Crippen molar-refractivity contribution in [2.24, 2.45) is 5.92 Å². The van der Waals surface area contributed by atoms with Gasteiger partial charge in [-0.05, 0) is 52.3 Å². The summed E-state index contributed by atoms with van der Waals surface area (Å²) in [5.74, 6) is 0.885. The first-order valence-corrected chi connectivity index (χ1v) is 16.1. The SMILES string of the molecule is CCCCCCCCC(CC)CCc1ccc2cc(-c3ccccc3[SiH](C)C)ccc2c1. The Balaban J connectivity index is 1.61. The van der Waals surface area contributed by atoms with E-state index >= 15 is 0 Å². The van der Waals surface area contributed by atoms with Gasteiger partial charge in [-0.25, -0.2) is 0 Å². The molecule has 0 aromatic heterocycles. The van der Waals surface area contributed by atoms with Crippen LogP contribution < -0.4 is 5.19 Å². The van der Waals surface area contributed by atoms with Crippen LogP contribution in [0.25, 0.3) is 21.9 Å². The van der Waals surface area contributed by atoms with Crippen LogP contribution in [-0.4, -0.2) is 8.80 Å². The number of benzene rings is 3. The average molecular weight is 445 g/mol. The van der Waals surface area contributed by atoms with Crippen molar-refractivity contribution in [3.8, 4) is 11.1 Å². The molecule has 1 unspecified atom stereocenters. The first-order chi connectivity index (χ1) is 15.6. The molecule has 0 aliphatic carbocycles. The molecule has 0 N–H and O–H groups in total. The minimum atomic E-state index is -0.847. The molecule has 0 nitrogen and oxygen atoms in total. The van der Waals surface area contributed by atoms with Gasteiger partial charge in [0.15, 0.2) is 0 Å². The molecule has 0 saturated carbocycles. The fourth-order valence-electron chi connectivity index (χ4n) is 5.02. The highest BCUT2D eigenvalue weighted by atomic mass is 28.3. The zero-order valence-corrected chi connectivity index (χ0v) is 22.2. The van der Waals surface area contributed by atoms with Crippen LogP contribution in [-0.2, 0) is 6.42 Å². The average Bonchev–Trinajstić information content (AvgIpc) is 2.82. The highest BCUT2D eigenvalue weighted by molar-refractivity contribution is 6.72. The smallest absolute Gasteiger partial charge is 0.0655 e. The lowest BCUT2D eigenvalue weighted by Gasteiger charge is -2.15. The second-order valence-electron chi connectivity index (χ2n) is 10.0. The molecule has 32 heavy (non-hydrogen) atoms. The lowest BCUT2D eigenvalue weighted by Crippen LogP contribution is -2.24. The molecule has 0 heterocycles. The van der Waals surface area contributed by atoms with Gasteiger partial charge in [0.05, 0.1) is 8.80 Å². The number of hydrogen-bond acceptors (Lipinski definition) is 0. The topological polar surface area (TPSA) is 0 Å². The molecular weight excluding hydrogens is 400 g/mol. The molecule has 3 aromatic rings. The van der Waals surface area contributed by atoms with Crippen molar-refractivity contribution in [1.29, 1.82) is 0 Å². The first kappa shape index (κ1) is 24.8. The van der Waals surface area contributed by atoms with Gasteiger partial charge in [0.25, 0.3) is 0 Å². The molecule has 0 amide bonds. The van der Waals surface area contributed by atoms with Crippen molar-refractivity contribution in [2.45, 2.75) is 91.1 Å². The quantitative estimate of drug-likeness (QED) is 0.182. The highest BCUT2D eigenvalue weighted by Crippen LogP contribution is 2.26. The van der Waals surface area contributed by atoms with Gasteiger partial charge < -0.3 is 0 Å². The Morgan fingerprint density at radius 3 is 2.22 bits per heavy atom. The fraction of sp³-hybridized carbons (Fsp3) is 0.484.